The Hall–Kier alpha value is -0.790. The highest BCUT2D eigenvalue weighted by Crippen LogP contribution is 2.05. The maximum atomic E-state index is 10.0. The average molecular weight is 84.1 g/mol. The Morgan fingerprint density at radius 3 is 2.33 bits per heavy atom. The van der Waals surface area contributed by atoms with Gasteiger partial charge in [-0.1, -0.05) is 6.58 Å². The molecule has 1 aliphatic rings. The third-order valence-electron chi connectivity index (χ3n) is 0.688. The molecule has 0 aromatic heterocycles. The van der Waals surface area contributed by atoms with E-state index in [2.05, 4.69) is 11.3 Å². The Kier molecular flexibility index (Phi) is 0.473. The van der Waals surface area contributed by atoms with Crippen molar-refractivity contribution in [3.8, 4) is 0 Å². The van der Waals surface area contributed by atoms with Crippen LogP contribution in [0.15, 0.2) is 12.3 Å². The number of carbonyl (C=O) groups is 1. The fourth-order valence-corrected chi connectivity index (χ4v) is 0.233. The van der Waals surface area contributed by atoms with E-state index in [0.717, 1.165) is 0 Å². The standard InChI is InChI=1S/C4H4O2/c1-3-4(5)2-6-3/h1-2H2. The van der Waals surface area contributed by atoms with Crippen molar-refractivity contribution < 1.29 is 9.53 Å². The second-order valence-electron chi connectivity index (χ2n) is 1.14. The molecule has 0 aromatic rings. The summed E-state index contributed by atoms with van der Waals surface area (Å²) in [4.78, 5) is 10.0. The predicted octanol–water partition coefficient (Wildman–Crippen LogP) is 0.0994. The molecular weight excluding hydrogens is 80.0 g/mol. The molecule has 1 aliphatic heterocycles. The van der Waals surface area contributed by atoms with Crippen molar-refractivity contribution in [3.05, 3.63) is 12.3 Å². The zero-order chi connectivity index (χ0) is 4.57. The van der Waals surface area contributed by atoms with Crippen LogP contribution < -0.4 is 0 Å². The van der Waals surface area contributed by atoms with Gasteiger partial charge in [0.2, 0.25) is 5.78 Å². The van der Waals surface area contributed by atoms with Gasteiger partial charge in [0.15, 0.2) is 12.4 Å². The molecule has 6 heavy (non-hydrogen) atoms. The van der Waals surface area contributed by atoms with Gasteiger partial charge in [-0.25, -0.2) is 0 Å². The quantitative estimate of drug-likeness (QED) is 0.389. The predicted molar refractivity (Wildman–Crippen MR) is 20.1 cm³/mol. The van der Waals surface area contributed by atoms with E-state index in [9.17, 15) is 4.79 Å². The molecule has 0 bridgehead atoms. The molecule has 2 heteroatoms. The van der Waals surface area contributed by atoms with E-state index >= 15 is 0 Å². The van der Waals surface area contributed by atoms with Gasteiger partial charge in [0.25, 0.3) is 0 Å². The van der Waals surface area contributed by atoms with Crippen LogP contribution >= 0.6 is 0 Å². The number of hydrogen-bond acceptors (Lipinski definition) is 2. The van der Waals surface area contributed by atoms with Crippen molar-refractivity contribution in [1.82, 2.24) is 0 Å². The highest BCUT2D eigenvalue weighted by atomic mass is 16.5. The molecule has 0 spiro atoms. The van der Waals surface area contributed by atoms with Crippen molar-refractivity contribution in [2.45, 2.75) is 0 Å². The molecule has 1 saturated heterocycles. The molecule has 0 atom stereocenters. The van der Waals surface area contributed by atoms with Gasteiger partial charge in [-0.05, 0) is 0 Å². The van der Waals surface area contributed by atoms with E-state index in [-0.39, 0.29) is 12.4 Å². The van der Waals surface area contributed by atoms with Gasteiger partial charge < -0.3 is 4.74 Å². The number of ether oxygens (including phenoxy) is 1. The van der Waals surface area contributed by atoms with Crippen molar-refractivity contribution in [3.63, 3.8) is 0 Å². The summed E-state index contributed by atoms with van der Waals surface area (Å²) in [6.45, 7) is 3.50. The first-order chi connectivity index (χ1) is 2.80. The Balaban J connectivity index is 2.61. The number of carbonyl (C=O) groups excluding carboxylic acids is 1. The van der Waals surface area contributed by atoms with Gasteiger partial charge in [0.05, 0.1) is 0 Å². The summed E-state index contributed by atoms with van der Waals surface area (Å²) in [5.74, 6) is 0.324. The second-order valence-corrected chi connectivity index (χ2v) is 1.14. The van der Waals surface area contributed by atoms with E-state index in [0.29, 0.717) is 5.76 Å². The summed E-state index contributed by atoms with van der Waals surface area (Å²) < 4.78 is 4.50. The smallest absolute Gasteiger partial charge is 0.234 e. The highest BCUT2D eigenvalue weighted by molar-refractivity contribution is 5.98. The lowest BCUT2D eigenvalue weighted by atomic mass is 10.3. The molecule has 2 nitrogen and oxygen atoms in total. The van der Waals surface area contributed by atoms with Gasteiger partial charge in [0, 0.05) is 0 Å². The van der Waals surface area contributed by atoms with Crippen molar-refractivity contribution in [1.29, 1.82) is 0 Å². The molecular formula is C4H4O2. The maximum Gasteiger partial charge on any atom is 0.234 e. The average Bonchev–Trinajstić information content (AvgIpc) is 1.61. The topological polar surface area (TPSA) is 26.3 Å². The Morgan fingerprint density at radius 1 is 1.83 bits per heavy atom. The summed E-state index contributed by atoms with van der Waals surface area (Å²) in [6.07, 6.45) is 0. The molecule has 0 radical (unpaired) electrons. The Labute approximate surface area is 35.4 Å². The third kappa shape index (κ3) is 0.233. The van der Waals surface area contributed by atoms with Crippen LogP contribution in [0.4, 0.5) is 0 Å². The van der Waals surface area contributed by atoms with Gasteiger partial charge >= 0.3 is 0 Å². The lowest BCUT2D eigenvalue weighted by molar-refractivity contribution is -0.131. The minimum Gasteiger partial charge on any atom is -0.482 e. The van der Waals surface area contributed by atoms with Gasteiger partial charge in [-0.2, -0.15) is 0 Å². The van der Waals surface area contributed by atoms with Crippen molar-refractivity contribution in [2.24, 2.45) is 0 Å². The third-order valence-corrected chi connectivity index (χ3v) is 0.688. The number of ketones is 1. The van der Waals surface area contributed by atoms with Crippen LogP contribution in [0.1, 0.15) is 0 Å². The van der Waals surface area contributed by atoms with Gasteiger partial charge in [0.1, 0.15) is 0 Å². The Bertz CT molecular complexity index is 90.1. The first kappa shape index (κ1) is 3.40. The van der Waals surface area contributed by atoms with Crippen molar-refractivity contribution in [2.75, 3.05) is 6.61 Å². The molecule has 0 saturated carbocycles. The molecule has 32 valence electrons. The van der Waals surface area contributed by atoms with E-state index in [4.69, 9.17) is 0 Å². The molecule has 0 N–H and O–H groups in total. The van der Waals surface area contributed by atoms with E-state index in [1.807, 2.05) is 0 Å². The minimum atomic E-state index is 0.0231. The largest absolute Gasteiger partial charge is 0.482 e. The monoisotopic (exact) mass is 84.0 g/mol. The van der Waals surface area contributed by atoms with Crippen LogP contribution in [-0.2, 0) is 9.53 Å². The van der Waals surface area contributed by atoms with E-state index in [1.54, 1.807) is 0 Å². The summed E-state index contributed by atoms with van der Waals surface area (Å²) in [5.41, 5.74) is 0. The van der Waals surface area contributed by atoms with Crippen LogP contribution in [-0.4, -0.2) is 12.4 Å². The summed E-state index contributed by atoms with van der Waals surface area (Å²) >= 11 is 0. The van der Waals surface area contributed by atoms with Crippen LogP contribution in [0.5, 0.6) is 0 Å². The first-order valence-electron chi connectivity index (χ1n) is 1.65. The normalized spacial score (nSPS) is 19.3. The summed E-state index contributed by atoms with van der Waals surface area (Å²) in [5, 5.41) is 0. The number of hydrogen-bond donors (Lipinski definition) is 0. The molecule has 1 fully saturated rings. The van der Waals surface area contributed by atoms with Crippen molar-refractivity contribution >= 4 is 5.78 Å². The molecule has 0 unspecified atom stereocenters. The number of rotatable bonds is 0. The molecule has 0 amide bonds. The van der Waals surface area contributed by atoms with Crippen LogP contribution in [0, 0.1) is 0 Å². The number of Topliss-reactive ketones (excluding diaryl/α,β-unsaturated/α-hetero) is 1. The second kappa shape index (κ2) is 0.834. The minimum absolute atomic E-state index is 0.0231. The molecule has 0 aromatic carbocycles. The van der Waals surface area contributed by atoms with Crippen LogP contribution in [0.3, 0.4) is 0 Å². The fourth-order valence-electron chi connectivity index (χ4n) is 0.233. The maximum absolute atomic E-state index is 10.0. The van der Waals surface area contributed by atoms with E-state index < -0.39 is 0 Å². The lowest BCUT2D eigenvalue weighted by Crippen LogP contribution is -2.23. The zero-order valence-electron chi connectivity index (χ0n) is 3.23. The zero-order valence-corrected chi connectivity index (χ0v) is 3.23. The van der Waals surface area contributed by atoms with Gasteiger partial charge in [-0.3, -0.25) is 4.79 Å². The van der Waals surface area contributed by atoms with Gasteiger partial charge in [-0.15, -0.1) is 0 Å². The Morgan fingerprint density at radius 2 is 2.33 bits per heavy atom. The molecule has 1 heterocycles. The van der Waals surface area contributed by atoms with E-state index in [1.165, 1.54) is 0 Å². The SMILES string of the molecule is C=C1OCC1=O. The lowest BCUT2D eigenvalue weighted by Gasteiger charge is -2.13. The first-order valence-corrected chi connectivity index (χ1v) is 1.65. The van der Waals surface area contributed by atoms with Crippen LogP contribution in [0.2, 0.25) is 0 Å². The molecule has 0 aliphatic carbocycles. The van der Waals surface area contributed by atoms with Crippen LogP contribution in [0.25, 0.3) is 0 Å². The summed E-state index contributed by atoms with van der Waals surface area (Å²) in [7, 11) is 0. The summed E-state index contributed by atoms with van der Waals surface area (Å²) in [6, 6.07) is 0. The highest BCUT2D eigenvalue weighted by Gasteiger charge is 2.18. The fraction of sp³-hybridized carbons (Fsp3) is 0.250. The molecule has 1 rings (SSSR count).